The second-order valence-electron chi connectivity index (χ2n) is 5.41. The molecule has 0 fully saturated rings. The average Bonchev–Trinajstić information content (AvgIpc) is 2.52. The quantitative estimate of drug-likeness (QED) is 0.937. The monoisotopic (exact) mass is 283 g/mol. The van der Waals surface area contributed by atoms with Gasteiger partial charge in [-0.1, -0.05) is 24.3 Å². The molecule has 2 atom stereocenters. The number of aromatic nitrogens is 2. The lowest BCUT2D eigenvalue weighted by molar-refractivity contribution is 0.0295. The third-order valence-electron chi connectivity index (χ3n) is 4.05. The van der Waals surface area contributed by atoms with Crippen LogP contribution < -0.4 is 5.32 Å². The third-order valence-corrected chi connectivity index (χ3v) is 4.05. The first-order chi connectivity index (χ1) is 10.3. The topological polar surface area (TPSA) is 47.0 Å². The molecule has 3 rings (SSSR count). The molecule has 1 aromatic carbocycles. The van der Waals surface area contributed by atoms with Crippen molar-refractivity contribution in [2.24, 2.45) is 0 Å². The lowest BCUT2D eigenvalue weighted by Gasteiger charge is -2.29. The van der Waals surface area contributed by atoms with E-state index >= 15 is 0 Å². The summed E-state index contributed by atoms with van der Waals surface area (Å²) in [6.45, 7) is 2.71. The van der Waals surface area contributed by atoms with E-state index < -0.39 is 0 Å². The Labute approximate surface area is 125 Å². The van der Waals surface area contributed by atoms with Crippen LogP contribution >= 0.6 is 0 Å². The van der Waals surface area contributed by atoms with Crippen molar-refractivity contribution in [2.45, 2.75) is 31.9 Å². The number of nitrogens with one attached hydrogen (secondary N) is 1. The molecule has 0 bridgehead atoms. The summed E-state index contributed by atoms with van der Waals surface area (Å²) in [5.74, 6) is 0.803. The standard InChI is InChI=1S/C17H21N3O/c1-12-19-9-7-15(20-12)16(18-2)11-17-14-6-4-3-5-13(14)8-10-21-17/h3-7,9,16-18H,8,10-11H2,1-2H3. The molecule has 0 saturated carbocycles. The van der Waals surface area contributed by atoms with E-state index in [4.69, 9.17) is 4.74 Å². The molecule has 1 N–H and O–H groups in total. The minimum Gasteiger partial charge on any atom is -0.373 e. The van der Waals surface area contributed by atoms with Gasteiger partial charge in [0.05, 0.1) is 24.4 Å². The van der Waals surface area contributed by atoms with Crippen molar-refractivity contribution in [1.29, 1.82) is 0 Å². The van der Waals surface area contributed by atoms with Gasteiger partial charge in [-0.05, 0) is 44.0 Å². The molecule has 2 aromatic rings. The maximum absolute atomic E-state index is 6.01. The van der Waals surface area contributed by atoms with Crippen LogP contribution in [-0.4, -0.2) is 23.6 Å². The van der Waals surface area contributed by atoms with Crippen molar-refractivity contribution < 1.29 is 4.74 Å². The fraction of sp³-hybridized carbons (Fsp3) is 0.412. The van der Waals surface area contributed by atoms with Gasteiger partial charge in [0.2, 0.25) is 0 Å². The summed E-state index contributed by atoms with van der Waals surface area (Å²) in [6, 6.07) is 10.7. The van der Waals surface area contributed by atoms with Crippen LogP contribution in [0.4, 0.5) is 0 Å². The number of fused-ring (bicyclic) bond motifs is 1. The molecule has 2 unspecified atom stereocenters. The normalized spacial score (nSPS) is 19.0. The third kappa shape index (κ3) is 3.12. The zero-order chi connectivity index (χ0) is 14.7. The van der Waals surface area contributed by atoms with Crippen LogP contribution in [0.2, 0.25) is 0 Å². The summed E-state index contributed by atoms with van der Waals surface area (Å²) in [4.78, 5) is 8.71. The van der Waals surface area contributed by atoms with Crippen molar-refractivity contribution in [3.8, 4) is 0 Å². The van der Waals surface area contributed by atoms with E-state index in [0.717, 1.165) is 31.0 Å². The van der Waals surface area contributed by atoms with Crippen molar-refractivity contribution in [1.82, 2.24) is 15.3 Å². The first-order valence-electron chi connectivity index (χ1n) is 7.44. The maximum Gasteiger partial charge on any atom is 0.125 e. The van der Waals surface area contributed by atoms with Gasteiger partial charge < -0.3 is 10.1 Å². The Bertz CT molecular complexity index is 614. The van der Waals surface area contributed by atoms with Crippen LogP contribution in [0, 0.1) is 6.92 Å². The van der Waals surface area contributed by atoms with Gasteiger partial charge in [-0.2, -0.15) is 0 Å². The number of rotatable bonds is 4. The van der Waals surface area contributed by atoms with E-state index in [9.17, 15) is 0 Å². The van der Waals surface area contributed by atoms with E-state index in [2.05, 4.69) is 39.6 Å². The van der Waals surface area contributed by atoms with E-state index in [0.29, 0.717) is 0 Å². The van der Waals surface area contributed by atoms with Gasteiger partial charge in [-0.25, -0.2) is 9.97 Å². The van der Waals surface area contributed by atoms with Gasteiger partial charge in [-0.15, -0.1) is 0 Å². The van der Waals surface area contributed by atoms with Gasteiger partial charge in [-0.3, -0.25) is 0 Å². The van der Waals surface area contributed by atoms with Crippen LogP contribution in [0.1, 0.15) is 41.2 Å². The molecule has 0 spiro atoms. The summed E-state index contributed by atoms with van der Waals surface area (Å²) in [5, 5.41) is 3.35. The van der Waals surface area contributed by atoms with E-state index in [1.165, 1.54) is 11.1 Å². The maximum atomic E-state index is 6.01. The average molecular weight is 283 g/mol. The summed E-state index contributed by atoms with van der Waals surface area (Å²) in [6.07, 6.45) is 3.83. The second kappa shape index (κ2) is 6.33. The Hall–Kier alpha value is -1.78. The number of hydrogen-bond donors (Lipinski definition) is 1. The molecule has 1 aliphatic heterocycles. The summed E-state index contributed by atoms with van der Waals surface area (Å²) < 4.78 is 6.01. The van der Waals surface area contributed by atoms with Crippen LogP contribution in [-0.2, 0) is 11.2 Å². The molecular formula is C17H21N3O. The van der Waals surface area contributed by atoms with Gasteiger partial charge in [0, 0.05) is 6.20 Å². The number of ether oxygens (including phenoxy) is 1. The van der Waals surface area contributed by atoms with Crippen molar-refractivity contribution >= 4 is 0 Å². The minimum absolute atomic E-state index is 0.127. The highest BCUT2D eigenvalue weighted by Crippen LogP contribution is 2.33. The van der Waals surface area contributed by atoms with E-state index in [1.807, 2.05) is 26.2 Å². The van der Waals surface area contributed by atoms with Gasteiger partial charge >= 0.3 is 0 Å². The van der Waals surface area contributed by atoms with Crippen molar-refractivity contribution in [3.63, 3.8) is 0 Å². The number of hydrogen-bond acceptors (Lipinski definition) is 4. The minimum atomic E-state index is 0.127. The highest BCUT2D eigenvalue weighted by atomic mass is 16.5. The molecule has 4 nitrogen and oxygen atoms in total. The fourth-order valence-electron chi connectivity index (χ4n) is 2.94. The fourth-order valence-corrected chi connectivity index (χ4v) is 2.94. The van der Waals surface area contributed by atoms with Crippen LogP contribution in [0.5, 0.6) is 0 Å². The summed E-state index contributed by atoms with van der Waals surface area (Å²) in [5.41, 5.74) is 3.74. The Morgan fingerprint density at radius 3 is 3.00 bits per heavy atom. The zero-order valence-corrected chi connectivity index (χ0v) is 12.5. The molecule has 110 valence electrons. The summed E-state index contributed by atoms with van der Waals surface area (Å²) in [7, 11) is 1.97. The van der Waals surface area contributed by atoms with E-state index in [-0.39, 0.29) is 12.1 Å². The highest BCUT2D eigenvalue weighted by molar-refractivity contribution is 5.31. The molecule has 1 aliphatic rings. The van der Waals surface area contributed by atoms with Crippen LogP contribution in [0.3, 0.4) is 0 Å². The predicted octanol–water partition coefficient (Wildman–Crippen LogP) is 2.75. The lowest BCUT2D eigenvalue weighted by atomic mass is 9.92. The largest absolute Gasteiger partial charge is 0.373 e. The first kappa shape index (κ1) is 14.2. The second-order valence-corrected chi connectivity index (χ2v) is 5.41. The smallest absolute Gasteiger partial charge is 0.125 e. The molecular weight excluding hydrogens is 262 g/mol. The van der Waals surface area contributed by atoms with Crippen LogP contribution in [0.15, 0.2) is 36.5 Å². The zero-order valence-electron chi connectivity index (χ0n) is 12.5. The summed E-state index contributed by atoms with van der Waals surface area (Å²) >= 11 is 0. The Kier molecular flexibility index (Phi) is 4.27. The molecule has 4 heteroatoms. The number of benzene rings is 1. The van der Waals surface area contributed by atoms with Crippen LogP contribution in [0.25, 0.3) is 0 Å². The van der Waals surface area contributed by atoms with E-state index in [1.54, 1.807) is 0 Å². The molecule has 0 amide bonds. The number of nitrogens with zero attached hydrogens (tertiary/aromatic N) is 2. The van der Waals surface area contributed by atoms with Gasteiger partial charge in [0.15, 0.2) is 0 Å². The molecule has 0 aliphatic carbocycles. The molecule has 1 aromatic heterocycles. The number of aryl methyl sites for hydroxylation is 1. The predicted molar refractivity (Wildman–Crippen MR) is 82.0 cm³/mol. The Morgan fingerprint density at radius 1 is 1.33 bits per heavy atom. The lowest BCUT2D eigenvalue weighted by Crippen LogP contribution is -2.24. The molecule has 2 heterocycles. The SMILES string of the molecule is CNC(CC1OCCc2ccccc21)c1ccnc(C)n1. The van der Waals surface area contributed by atoms with Crippen molar-refractivity contribution in [2.75, 3.05) is 13.7 Å². The van der Waals surface area contributed by atoms with Gasteiger partial charge in [0.1, 0.15) is 5.82 Å². The molecule has 0 radical (unpaired) electrons. The highest BCUT2D eigenvalue weighted by Gasteiger charge is 2.24. The Morgan fingerprint density at radius 2 is 2.19 bits per heavy atom. The molecule has 21 heavy (non-hydrogen) atoms. The van der Waals surface area contributed by atoms with Crippen molar-refractivity contribution in [3.05, 3.63) is 59.2 Å². The first-order valence-corrected chi connectivity index (χ1v) is 7.44. The Balaban J connectivity index is 1.82. The molecule has 0 saturated heterocycles. The van der Waals surface area contributed by atoms with Gasteiger partial charge in [0.25, 0.3) is 0 Å².